The van der Waals surface area contributed by atoms with Gasteiger partial charge in [0, 0.05) is 31.9 Å². The summed E-state index contributed by atoms with van der Waals surface area (Å²) in [7, 11) is 0. The zero-order chi connectivity index (χ0) is 16.7. The number of aliphatic carboxylic acids is 1. The van der Waals surface area contributed by atoms with Gasteiger partial charge in [-0.25, -0.2) is 0 Å². The molecule has 0 aromatic heterocycles. The highest BCUT2D eigenvalue weighted by atomic mass is 16.4. The van der Waals surface area contributed by atoms with Crippen LogP contribution in [0.3, 0.4) is 0 Å². The fourth-order valence-corrected chi connectivity index (χ4v) is 4.53. The van der Waals surface area contributed by atoms with E-state index in [1.54, 1.807) is 0 Å². The van der Waals surface area contributed by atoms with E-state index in [1.807, 2.05) is 35.3 Å². The molecule has 126 valence electrons. The van der Waals surface area contributed by atoms with E-state index in [1.165, 1.54) is 5.69 Å². The van der Waals surface area contributed by atoms with Gasteiger partial charge in [-0.05, 0) is 30.4 Å². The molecule has 4 atom stereocenters. The van der Waals surface area contributed by atoms with Gasteiger partial charge in [-0.2, -0.15) is 0 Å². The fraction of sp³-hybridized carbons (Fsp3) is 0.474. The van der Waals surface area contributed by atoms with Crippen molar-refractivity contribution in [1.82, 2.24) is 4.90 Å². The smallest absolute Gasteiger partial charge is 0.307 e. The van der Waals surface area contributed by atoms with Crippen LogP contribution < -0.4 is 4.90 Å². The van der Waals surface area contributed by atoms with Gasteiger partial charge in [0.25, 0.3) is 0 Å². The first-order valence-electron chi connectivity index (χ1n) is 8.65. The molecule has 2 fully saturated rings. The minimum absolute atomic E-state index is 0.0342. The van der Waals surface area contributed by atoms with Crippen LogP contribution in [0.1, 0.15) is 6.42 Å². The fourth-order valence-electron chi connectivity index (χ4n) is 4.53. The molecular formula is C19H22N2O3. The summed E-state index contributed by atoms with van der Waals surface area (Å²) in [6.45, 7) is 2.92. The average molecular weight is 326 g/mol. The van der Waals surface area contributed by atoms with E-state index in [9.17, 15) is 14.7 Å². The number of para-hydroxylation sites is 1. The summed E-state index contributed by atoms with van der Waals surface area (Å²) in [5.74, 6) is -1.57. The molecule has 5 heteroatoms. The number of fused-ring (bicyclic) bond motifs is 2. The molecule has 2 aliphatic carbocycles. The molecule has 1 aromatic carbocycles. The van der Waals surface area contributed by atoms with E-state index in [4.69, 9.17) is 0 Å². The predicted molar refractivity (Wildman–Crippen MR) is 90.6 cm³/mol. The lowest BCUT2D eigenvalue weighted by molar-refractivity contribution is -0.151. The molecule has 0 unspecified atom stereocenters. The normalized spacial score (nSPS) is 31.5. The zero-order valence-corrected chi connectivity index (χ0v) is 13.5. The Morgan fingerprint density at radius 2 is 1.54 bits per heavy atom. The summed E-state index contributed by atoms with van der Waals surface area (Å²) >= 11 is 0. The van der Waals surface area contributed by atoms with E-state index in [0.717, 1.165) is 19.5 Å². The number of carboxylic acids is 1. The lowest BCUT2D eigenvalue weighted by atomic mass is 9.82. The Kier molecular flexibility index (Phi) is 3.79. The summed E-state index contributed by atoms with van der Waals surface area (Å²) in [5, 5.41) is 9.53. The highest BCUT2D eigenvalue weighted by molar-refractivity contribution is 5.87. The minimum atomic E-state index is -0.826. The monoisotopic (exact) mass is 326 g/mol. The molecule has 3 aliphatic rings. The van der Waals surface area contributed by atoms with Crippen molar-refractivity contribution in [2.45, 2.75) is 6.42 Å². The Labute approximate surface area is 141 Å². The molecule has 2 bridgehead atoms. The van der Waals surface area contributed by atoms with Crippen molar-refractivity contribution in [2.75, 3.05) is 31.1 Å². The number of hydrogen-bond acceptors (Lipinski definition) is 3. The second-order valence-electron chi connectivity index (χ2n) is 6.99. The van der Waals surface area contributed by atoms with E-state index in [-0.39, 0.29) is 23.7 Å². The first-order valence-corrected chi connectivity index (χ1v) is 8.65. The van der Waals surface area contributed by atoms with Crippen LogP contribution in [0.15, 0.2) is 42.5 Å². The van der Waals surface area contributed by atoms with Gasteiger partial charge in [-0.15, -0.1) is 0 Å². The van der Waals surface area contributed by atoms with Gasteiger partial charge in [0.2, 0.25) is 5.91 Å². The first-order chi connectivity index (χ1) is 11.6. The number of piperazine rings is 1. The van der Waals surface area contributed by atoms with Crippen molar-refractivity contribution in [3.8, 4) is 0 Å². The van der Waals surface area contributed by atoms with Gasteiger partial charge in [0.05, 0.1) is 11.8 Å². The van der Waals surface area contributed by atoms with E-state index < -0.39 is 11.9 Å². The average Bonchev–Trinajstić information content (AvgIpc) is 3.23. The van der Waals surface area contributed by atoms with Gasteiger partial charge in [-0.3, -0.25) is 9.59 Å². The Morgan fingerprint density at radius 1 is 0.917 bits per heavy atom. The minimum Gasteiger partial charge on any atom is -0.481 e. The Bertz CT molecular complexity index is 664. The maximum absolute atomic E-state index is 13.0. The van der Waals surface area contributed by atoms with Crippen molar-refractivity contribution in [1.29, 1.82) is 0 Å². The molecule has 1 heterocycles. The highest BCUT2D eigenvalue weighted by Gasteiger charge is 2.52. The molecule has 1 saturated heterocycles. The van der Waals surface area contributed by atoms with Crippen LogP contribution in [-0.4, -0.2) is 48.1 Å². The van der Waals surface area contributed by atoms with Gasteiger partial charge < -0.3 is 14.9 Å². The number of carbonyl (C=O) groups excluding carboxylic acids is 1. The lowest BCUT2D eigenvalue weighted by Crippen LogP contribution is -2.52. The standard InChI is InChI=1S/C19H22N2O3/c22-18(16-13-6-7-14(12-13)17(16)19(23)24)21-10-8-20(9-11-21)15-4-2-1-3-5-15/h1-7,13-14,16-17H,8-12H2,(H,23,24)/t13-,14-,16-,17+/m0/s1. The molecular weight excluding hydrogens is 304 g/mol. The molecule has 5 nitrogen and oxygen atoms in total. The van der Waals surface area contributed by atoms with Crippen molar-refractivity contribution >= 4 is 17.6 Å². The third kappa shape index (κ3) is 2.48. The summed E-state index contributed by atoms with van der Waals surface area (Å²) in [5.41, 5.74) is 1.18. The number of hydrogen-bond donors (Lipinski definition) is 1. The molecule has 0 radical (unpaired) electrons. The van der Waals surface area contributed by atoms with Crippen LogP contribution in [0.4, 0.5) is 5.69 Å². The zero-order valence-electron chi connectivity index (χ0n) is 13.5. The Balaban J connectivity index is 1.43. The second-order valence-corrected chi connectivity index (χ2v) is 6.99. The van der Waals surface area contributed by atoms with Crippen LogP contribution in [0.25, 0.3) is 0 Å². The molecule has 24 heavy (non-hydrogen) atoms. The number of rotatable bonds is 3. The highest BCUT2D eigenvalue weighted by Crippen LogP contribution is 2.48. The van der Waals surface area contributed by atoms with Crippen molar-refractivity contribution in [2.24, 2.45) is 23.7 Å². The van der Waals surface area contributed by atoms with Gasteiger partial charge in [-0.1, -0.05) is 30.4 Å². The number of carboxylic acid groups (broad SMARTS) is 1. The van der Waals surface area contributed by atoms with Crippen LogP contribution in [-0.2, 0) is 9.59 Å². The van der Waals surface area contributed by atoms with Crippen molar-refractivity contribution in [3.05, 3.63) is 42.5 Å². The summed E-state index contributed by atoms with van der Waals surface area (Å²) in [6, 6.07) is 10.2. The largest absolute Gasteiger partial charge is 0.481 e. The van der Waals surface area contributed by atoms with Crippen molar-refractivity contribution in [3.63, 3.8) is 0 Å². The predicted octanol–water partition coefficient (Wildman–Crippen LogP) is 1.86. The number of nitrogens with zero attached hydrogens (tertiary/aromatic N) is 2. The number of allylic oxidation sites excluding steroid dienone is 2. The number of carbonyl (C=O) groups is 2. The van der Waals surface area contributed by atoms with Gasteiger partial charge >= 0.3 is 5.97 Å². The third-order valence-corrected chi connectivity index (χ3v) is 5.74. The Morgan fingerprint density at radius 3 is 2.17 bits per heavy atom. The van der Waals surface area contributed by atoms with E-state index in [0.29, 0.717) is 13.1 Å². The van der Waals surface area contributed by atoms with Crippen LogP contribution in [0.2, 0.25) is 0 Å². The second kappa shape index (κ2) is 5.96. The van der Waals surface area contributed by atoms with Crippen LogP contribution in [0.5, 0.6) is 0 Å². The summed E-state index contributed by atoms with van der Waals surface area (Å²) < 4.78 is 0. The number of benzene rings is 1. The SMILES string of the molecule is O=C(O)[C@H]1[C@@H](C(=O)N2CCN(c3ccccc3)CC2)[C@H]2C=C[C@H]1C2. The number of anilines is 1. The quantitative estimate of drug-likeness (QED) is 0.861. The summed E-state index contributed by atoms with van der Waals surface area (Å²) in [4.78, 5) is 28.7. The maximum atomic E-state index is 13.0. The molecule has 1 saturated carbocycles. The molecule has 1 aliphatic heterocycles. The third-order valence-electron chi connectivity index (χ3n) is 5.74. The van der Waals surface area contributed by atoms with E-state index in [2.05, 4.69) is 17.0 Å². The molecule has 1 N–H and O–H groups in total. The number of amides is 1. The van der Waals surface area contributed by atoms with Gasteiger partial charge in [0.1, 0.15) is 0 Å². The molecule has 4 rings (SSSR count). The first kappa shape index (κ1) is 15.2. The van der Waals surface area contributed by atoms with Crippen molar-refractivity contribution < 1.29 is 14.7 Å². The van der Waals surface area contributed by atoms with E-state index >= 15 is 0 Å². The maximum Gasteiger partial charge on any atom is 0.307 e. The lowest BCUT2D eigenvalue weighted by Gasteiger charge is -2.38. The van der Waals surface area contributed by atoms with Crippen LogP contribution in [0, 0.1) is 23.7 Å². The molecule has 1 amide bonds. The summed E-state index contributed by atoms with van der Waals surface area (Å²) in [6.07, 6.45) is 4.85. The van der Waals surface area contributed by atoms with Gasteiger partial charge in [0.15, 0.2) is 0 Å². The Hall–Kier alpha value is -2.30. The topological polar surface area (TPSA) is 60.9 Å². The molecule has 1 aromatic rings. The molecule has 0 spiro atoms. The van der Waals surface area contributed by atoms with Crippen LogP contribution >= 0.6 is 0 Å².